The third kappa shape index (κ3) is 5.66. The molecule has 6 aromatic carbocycles. The highest BCUT2D eigenvalue weighted by molar-refractivity contribution is 7.52. The van der Waals surface area contributed by atoms with Crippen LogP contribution in [-0.4, -0.2) is 0 Å². The average molecular weight is 668 g/mol. The Morgan fingerprint density at radius 2 is 0.837 bits per heavy atom. The molecule has 0 saturated heterocycles. The Bertz CT molecular complexity index is 2090. The molecule has 7 rings (SSSR count). The van der Waals surface area contributed by atoms with Crippen molar-refractivity contribution < 1.29 is 13.6 Å². The van der Waals surface area contributed by atoms with Gasteiger partial charge in [-0.05, 0) is 117 Å². The molecule has 0 spiro atoms. The van der Waals surface area contributed by atoms with E-state index in [4.69, 9.17) is 14.6 Å². The maximum absolute atomic E-state index is 14.6. The molecular weight excluding hydrogens is 621 g/mol. The van der Waals surface area contributed by atoms with Crippen molar-refractivity contribution in [3.63, 3.8) is 0 Å². The van der Waals surface area contributed by atoms with Crippen LogP contribution in [0.3, 0.4) is 0 Å². The van der Waals surface area contributed by atoms with Gasteiger partial charge < -0.3 is 9.05 Å². The van der Waals surface area contributed by atoms with E-state index in [1.165, 1.54) is 33.4 Å². The van der Waals surface area contributed by atoms with Gasteiger partial charge in [-0.3, -0.25) is 0 Å². The number of hydrogen-bond acceptors (Lipinski definition) is 3. The molecule has 5 heteroatoms. The standard InChI is InChI=1S/C44H46NO3P/c1-7-27-21-29(9-3)39(30(10-4)22-27)37-25-33-17-13-15-19-35(33)41-42-36-20-16-14-18-34(36)26-38(44(42)48-49(45,46)47-43(37)41)40-31(11-5)23-28(8-2)24-32(40)12-6/h13-26H,7-12H2,1-6H3,(H2,45,46). The van der Waals surface area contributed by atoms with Crippen molar-refractivity contribution >= 4 is 29.3 Å². The summed E-state index contributed by atoms with van der Waals surface area (Å²) in [5.41, 5.74) is 20.1. The van der Waals surface area contributed by atoms with E-state index < -0.39 is 7.75 Å². The molecule has 6 aromatic rings. The van der Waals surface area contributed by atoms with E-state index in [9.17, 15) is 4.57 Å². The van der Waals surface area contributed by atoms with Crippen molar-refractivity contribution in [1.29, 1.82) is 0 Å². The first-order valence-corrected chi connectivity index (χ1v) is 19.6. The summed E-state index contributed by atoms with van der Waals surface area (Å²) >= 11 is 0. The van der Waals surface area contributed by atoms with E-state index in [-0.39, 0.29) is 0 Å². The summed E-state index contributed by atoms with van der Waals surface area (Å²) < 4.78 is 27.7. The van der Waals surface area contributed by atoms with Crippen molar-refractivity contribution in [3.05, 3.63) is 118 Å². The normalized spacial score (nSPS) is 13.4. The minimum Gasteiger partial charge on any atom is -0.403 e. The van der Waals surface area contributed by atoms with Crippen LogP contribution in [0.15, 0.2) is 84.9 Å². The van der Waals surface area contributed by atoms with Gasteiger partial charge in [0.05, 0.1) is 0 Å². The Morgan fingerprint density at radius 3 is 1.16 bits per heavy atom. The molecule has 0 fully saturated rings. The van der Waals surface area contributed by atoms with E-state index in [0.717, 1.165) is 93.5 Å². The maximum Gasteiger partial charge on any atom is 0.510 e. The zero-order chi connectivity index (χ0) is 34.4. The zero-order valence-electron chi connectivity index (χ0n) is 29.6. The predicted molar refractivity (Wildman–Crippen MR) is 207 cm³/mol. The number of nitrogens with two attached hydrogens (primary N) is 1. The largest absolute Gasteiger partial charge is 0.510 e. The summed E-state index contributed by atoms with van der Waals surface area (Å²) in [6, 6.07) is 30.5. The van der Waals surface area contributed by atoms with Gasteiger partial charge in [0, 0.05) is 22.3 Å². The van der Waals surface area contributed by atoms with E-state index in [1.807, 2.05) is 0 Å². The fourth-order valence-electron chi connectivity index (χ4n) is 7.88. The molecular formula is C44H46NO3P. The van der Waals surface area contributed by atoms with Gasteiger partial charge in [0.25, 0.3) is 0 Å². The SMILES string of the molecule is CCc1cc(CC)c(-c2cc3ccccc3c3c2OP(N)(=O)Oc2c(-c4c(CC)cc(CC)cc4CC)cc4ccccc4c2-3)c(CC)c1. The first kappa shape index (κ1) is 33.1. The van der Waals surface area contributed by atoms with Crippen molar-refractivity contribution in [3.8, 4) is 44.9 Å². The molecule has 4 nitrogen and oxygen atoms in total. The van der Waals surface area contributed by atoms with Crippen molar-refractivity contribution in [2.75, 3.05) is 0 Å². The molecule has 1 aliphatic rings. The van der Waals surface area contributed by atoms with Gasteiger partial charge in [-0.1, -0.05) is 114 Å². The van der Waals surface area contributed by atoms with E-state index >= 15 is 0 Å². The number of benzene rings is 6. The van der Waals surface area contributed by atoms with Gasteiger partial charge in [-0.25, -0.2) is 10.1 Å². The third-order valence-electron chi connectivity index (χ3n) is 10.3. The van der Waals surface area contributed by atoms with Crippen molar-refractivity contribution in [2.45, 2.75) is 80.1 Å². The fraction of sp³-hybridized carbons (Fsp3) is 0.273. The van der Waals surface area contributed by atoms with Crippen LogP contribution in [0.2, 0.25) is 0 Å². The molecule has 1 heterocycles. The molecule has 0 radical (unpaired) electrons. The summed E-state index contributed by atoms with van der Waals surface area (Å²) in [5.74, 6) is 1.04. The molecule has 0 aromatic heterocycles. The minimum atomic E-state index is -4.17. The lowest BCUT2D eigenvalue weighted by molar-refractivity contribution is 0.394. The summed E-state index contributed by atoms with van der Waals surface area (Å²) in [7, 11) is -4.17. The molecule has 2 N–H and O–H groups in total. The fourth-order valence-corrected chi connectivity index (χ4v) is 8.81. The second kappa shape index (κ2) is 13.2. The van der Waals surface area contributed by atoms with Crippen LogP contribution < -0.4 is 14.6 Å². The third-order valence-corrected chi connectivity index (χ3v) is 11.2. The number of aryl methyl sites for hydroxylation is 6. The van der Waals surface area contributed by atoms with Crippen LogP contribution in [0.5, 0.6) is 11.5 Å². The van der Waals surface area contributed by atoms with Crippen LogP contribution in [0, 0.1) is 0 Å². The van der Waals surface area contributed by atoms with Gasteiger partial charge in [-0.2, -0.15) is 0 Å². The second-order valence-electron chi connectivity index (χ2n) is 13.1. The van der Waals surface area contributed by atoms with Gasteiger partial charge in [-0.15, -0.1) is 0 Å². The zero-order valence-corrected chi connectivity index (χ0v) is 30.5. The molecule has 250 valence electrons. The van der Waals surface area contributed by atoms with Crippen LogP contribution in [0.4, 0.5) is 0 Å². The van der Waals surface area contributed by atoms with Crippen LogP contribution in [0.25, 0.3) is 54.9 Å². The monoisotopic (exact) mass is 667 g/mol. The molecule has 0 atom stereocenters. The average Bonchev–Trinajstić information content (AvgIpc) is 3.26. The lowest BCUT2D eigenvalue weighted by Gasteiger charge is -2.22. The Balaban J connectivity index is 1.71. The molecule has 0 aliphatic carbocycles. The maximum atomic E-state index is 14.6. The highest BCUT2D eigenvalue weighted by atomic mass is 31.2. The lowest BCUT2D eigenvalue weighted by atomic mass is 9.82. The van der Waals surface area contributed by atoms with Crippen LogP contribution in [0.1, 0.15) is 74.9 Å². The van der Waals surface area contributed by atoms with Gasteiger partial charge in [0.2, 0.25) is 0 Å². The van der Waals surface area contributed by atoms with E-state index in [1.54, 1.807) is 0 Å². The molecule has 0 saturated carbocycles. The topological polar surface area (TPSA) is 61.5 Å². The Kier molecular flexibility index (Phi) is 8.90. The smallest absolute Gasteiger partial charge is 0.403 e. The minimum absolute atomic E-state index is 0.520. The van der Waals surface area contributed by atoms with Gasteiger partial charge in [0.1, 0.15) is 11.5 Å². The van der Waals surface area contributed by atoms with Crippen molar-refractivity contribution in [2.24, 2.45) is 5.50 Å². The molecule has 0 unspecified atom stereocenters. The lowest BCUT2D eigenvalue weighted by Crippen LogP contribution is -2.09. The predicted octanol–water partition coefficient (Wildman–Crippen LogP) is 12.2. The molecule has 0 bridgehead atoms. The second-order valence-corrected chi connectivity index (χ2v) is 14.6. The summed E-state index contributed by atoms with van der Waals surface area (Å²) in [6.45, 7) is 13.2. The Labute approximate surface area is 290 Å². The highest BCUT2D eigenvalue weighted by Gasteiger charge is 2.37. The number of fused-ring (bicyclic) bond motifs is 7. The van der Waals surface area contributed by atoms with Gasteiger partial charge >= 0.3 is 7.75 Å². The molecule has 0 amide bonds. The molecule has 49 heavy (non-hydrogen) atoms. The quantitative estimate of drug-likeness (QED) is 0.164. The van der Waals surface area contributed by atoms with Crippen LogP contribution >= 0.6 is 7.75 Å². The van der Waals surface area contributed by atoms with Crippen molar-refractivity contribution in [1.82, 2.24) is 0 Å². The number of hydrogen-bond donors (Lipinski definition) is 1. The van der Waals surface area contributed by atoms with Crippen LogP contribution in [-0.2, 0) is 43.1 Å². The summed E-state index contributed by atoms with van der Waals surface area (Å²) in [4.78, 5) is 0. The summed E-state index contributed by atoms with van der Waals surface area (Å²) in [6.07, 6.45) is 5.33. The first-order chi connectivity index (χ1) is 23.7. The van der Waals surface area contributed by atoms with E-state index in [2.05, 4.69) is 126 Å². The Hall–Kier alpha value is -4.37. The number of rotatable bonds is 8. The first-order valence-electron chi connectivity index (χ1n) is 17.9. The van der Waals surface area contributed by atoms with E-state index in [0.29, 0.717) is 11.5 Å². The van der Waals surface area contributed by atoms with Gasteiger partial charge in [0.15, 0.2) is 0 Å². The highest BCUT2D eigenvalue weighted by Crippen LogP contribution is 2.61. The summed E-state index contributed by atoms with van der Waals surface area (Å²) in [5, 5.41) is 4.16. The molecule has 1 aliphatic heterocycles. The Morgan fingerprint density at radius 1 is 0.490 bits per heavy atom.